The van der Waals surface area contributed by atoms with E-state index in [1.807, 2.05) is 6.92 Å². The summed E-state index contributed by atoms with van der Waals surface area (Å²) in [5, 5.41) is 3.64. The fraction of sp³-hybridized carbons (Fsp3) is 0.364. The van der Waals surface area contributed by atoms with Crippen LogP contribution in [-0.4, -0.2) is 38.6 Å². The second kappa shape index (κ2) is 6.33. The molecule has 0 fully saturated rings. The van der Waals surface area contributed by atoms with E-state index in [1.54, 1.807) is 14.0 Å². The van der Waals surface area contributed by atoms with Crippen LogP contribution in [0.4, 0.5) is 5.95 Å². The molecule has 0 atom stereocenters. The number of nitrogens with one attached hydrogen (secondary N) is 2. The Bertz CT molecular complexity index is 660. The summed E-state index contributed by atoms with van der Waals surface area (Å²) < 4.78 is 5.27. The monoisotopic (exact) mass is 294 g/mol. The lowest BCUT2D eigenvalue weighted by Gasteiger charge is -2.06. The van der Waals surface area contributed by atoms with Crippen molar-refractivity contribution in [2.75, 3.05) is 19.0 Å². The van der Waals surface area contributed by atoms with E-state index in [4.69, 9.17) is 4.74 Å². The Balaban J connectivity index is 2.31. The van der Waals surface area contributed by atoms with Crippen molar-refractivity contribution in [1.29, 1.82) is 0 Å². The molecule has 2 rings (SSSR count). The summed E-state index contributed by atoms with van der Waals surface area (Å²) in [5.74, 6) is 0.390. The zero-order valence-electron chi connectivity index (χ0n) is 11.3. The predicted molar refractivity (Wildman–Crippen MR) is 74.3 cm³/mol. The highest BCUT2D eigenvalue weighted by atomic mass is 32.2. The summed E-state index contributed by atoms with van der Waals surface area (Å²) in [7, 11) is 1.70. The minimum Gasteiger partial charge on any atom is -0.464 e. The summed E-state index contributed by atoms with van der Waals surface area (Å²) in [4.78, 5) is 30.6. The van der Waals surface area contributed by atoms with Gasteiger partial charge in [-0.15, -0.1) is 0 Å². The molecule has 20 heavy (non-hydrogen) atoms. The van der Waals surface area contributed by atoms with Gasteiger partial charge in [0.05, 0.1) is 6.61 Å². The highest BCUT2D eigenvalue weighted by Gasteiger charge is 2.09. The van der Waals surface area contributed by atoms with Crippen molar-refractivity contribution in [3.63, 3.8) is 0 Å². The number of nitrogens with zero attached hydrogens (tertiary/aromatic N) is 4. The number of H-pyrrole nitrogens is 1. The zero-order valence-corrected chi connectivity index (χ0v) is 12.1. The molecule has 0 spiro atoms. The first-order chi connectivity index (χ1) is 9.60. The van der Waals surface area contributed by atoms with Crippen LogP contribution in [0.25, 0.3) is 0 Å². The number of ether oxygens (including phenoxy) is 1. The second-order valence-corrected chi connectivity index (χ2v) is 4.66. The van der Waals surface area contributed by atoms with Crippen LogP contribution in [0.2, 0.25) is 0 Å². The van der Waals surface area contributed by atoms with Crippen LogP contribution in [0.5, 0.6) is 6.01 Å². The molecule has 0 aliphatic rings. The van der Waals surface area contributed by atoms with Crippen molar-refractivity contribution in [1.82, 2.24) is 24.9 Å². The molecule has 2 heterocycles. The van der Waals surface area contributed by atoms with Crippen molar-refractivity contribution in [3.8, 4) is 6.01 Å². The average molecular weight is 294 g/mol. The highest BCUT2D eigenvalue weighted by molar-refractivity contribution is 7.99. The van der Waals surface area contributed by atoms with E-state index in [9.17, 15) is 4.79 Å². The second-order valence-electron chi connectivity index (χ2n) is 3.70. The Morgan fingerprint density at radius 3 is 2.80 bits per heavy atom. The van der Waals surface area contributed by atoms with Gasteiger partial charge in [-0.2, -0.15) is 15.0 Å². The lowest BCUT2D eigenvalue weighted by molar-refractivity contribution is 0.308. The normalized spacial score (nSPS) is 10.3. The van der Waals surface area contributed by atoms with Gasteiger partial charge in [0.1, 0.15) is 0 Å². The van der Waals surface area contributed by atoms with E-state index in [2.05, 4.69) is 30.2 Å². The van der Waals surface area contributed by atoms with Gasteiger partial charge >= 0.3 is 6.01 Å². The smallest absolute Gasteiger partial charge is 0.322 e. The van der Waals surface area contributed by atoms with Crippen LogP contribution in [0, 0.1) is 6.92 Å². The van der Waals surface area contributed by atoms with Crippen LogP contribution >= 0.6 is 11.8 Å². The minimum absolute atomic E-state index is 0.215. The Hall–Kier alpha value is -2.16. The fourth-order valence-electron chi connectivity index (χ4n) is 1.38. The molecule has 0 amide bonds. The molecular formula is C11H14N6O2S. The molecule has 2 N–H and O–H groups in total. The van der Waals surface area contributed by atoms with Crippen molar-refractivity contribution < 1.29 is 4.74 Å². The molecule has 0 saturated carbocycles. The summed E-state index contributed by atoms with van der Waals surface area (Å²) in [6.07, 6.45) is 0. The van der Waals surface area contributed by atoms with Crippen LogP contribution in [-0.2, 0) is 0 Å². The number of hydrogen-bond acceptors (Lipinski definition) is 8. The topological polar surface area (TPSA) is 106 Å². The Labute approximate surface area is 119 Å². The van der Waals surface area contributed by atoms with Crippen molar-refractivity contribution >= 4 is 17.7 Å². The first kappa shape index (κ1) is 14.3. The molecule has 2 aromatic rings. The zero-order chi connectivity index (χ0) is 14.5. The van der Waals surface area contributed by atoms with Crippen LogP contribution in [0.15, 0.2) is 21.2 Å². The van der Waals surface area contributed by atoms with E-state index in [0.29, 0.717) is 28.6 Å². The third-order valence-electron chi connectivity index (χ3n) is 2.13. The first-order valence-electron chi connectivity index (χ1n) is 5.93. The maximum atomic E-state index is 11.4. The number of aromatic nitrogens is 5. The minimum atomic E-state index is -0.215. The van der Waals surface area contributed by atoms with E-state index < -0.39 is 0 Å². The highest BCUT2D eigenvalue weighted by Crippen LogP contribution is 2.22. The van der Waals surface area contributed by atoms with Gasteiger partial charge in [-0.3, -0.25) is 4.79 Å². The van der Waals surface area contributed by atoms with Gasteiger partial charge in [0, 0.05) is 18.8 Å². The van der Waals surface area contributed by atoms with E-state index in [1.165, 1.54) is 6.07 Å². The summed E-state index contributed by atoms with van der Waals surface area (Å²) in [6, 6.07) is 1.65. The Morgan fingerprint density at radius 1 is 1.35 bits per heavy atom. The number of aromatic amines is 1. The quantitative estimate of drug-likeness (QED) is 0.782. The van der Waals surface area contributed by atoms with E-state index in [0.717, 1.165) is 11.8 Å². The summed E-state index contributed by atoms with van der Waals surface area (Å²) in [5.41, 5.74) is 0.414. The molecule has 9 heteroatoms. The lowest BCUT2D eigenvalue weighted by atomic mass is 10.5. The molecule has 8 nitrogen and oxygen atoms in total. The molecule has 2 aromatic heterocycles. The molecule has 0 unspecified atom stereocenters. The third kappa shape index (κ3) is 3.67. The van der Waals surface area contributed by atoms with Crippen molar-refractivity contribution in [2.45, 2.75) is 24.2 Å². The molecule has 0 radical (unpaired) electrons. The van der Waals surface area contributed by atoms with Gasteiger partial charge in [0.15, 0.2) is 5.16 Å². The average Bonchev–Trinajstić information content (AvgIpc) is 2.37. The van der Waals surface area contributed by atoms with Crippen molar-refractivity contribution in [2.24, 2.45) is 0 Å². The van der Waals surface area contributed by atoms with Gasteiger partial charge in [-0.1, -0.05) is 0 Å². The van der Waals surface area contributed by atoms with Crippen LogP contribution < -0.4 is 15.6 Å². The maximum absolute atomic E-state index is 11.4. The Kier molecular flexibility index (Phi) is 4.51. The lowest BCUT2D eigenvalue weighted by Crippen LogP contribution is -2.09. The van der Waals surface area contributed by atoms with Crippen LogP contribution in [0.3, 0.4) is 0 Å². The van der Waals surface area contributed by atoms with E-state index in [-0.39, 0.29) is 11.6 Å². The van der Waals surface area contributed by atoms with Gasteiger partial charge in [0.25, 0.3) is 5.56 Å². The standard InChI is InChI=1S/C11H14N6O2S/c1-4-19-9-15-8(12-3)16-11(17-9)20-10-13-6(2)5-7(18)14-10/h5H,4H2,1-3H3,(H,13,14,18)(H,12,15,16,17). The number of hydrogen-bond donors (Lipinski definition) is 2. The fourth-order valence-corrected chi connectivity index (χ4v) is 2.15. The maximum Gasteiger partial charge on any atom is 0.322 e. The number of anilines is 1. The molecule has 0 aliphatic carbocycles. The molecule has 0 bridgehead atoms. The first-order valence-corrected chi connectivity index (χ1v) is 6.74. The largest absolute Gasteiger partial charge is 0.464 e. The SMILES string of the molecule is CCOc1nc(NC)nc(Sc2nc(C)cc(=O)[nH]2)n1. The number of aryl methyl sites for hydroxylation is 1. The predicted octanol–water partition coefficient (Wildman–Crippen LogP) is 0.855. The molecule has 106 valence electrons. The molecule has 0 aromatic carbocycles. The summed E-state index contributed by atoms with van der Waals surface area (Å²) in [6.45, 7) is 4.05. The Morgan fingerprint density at radius 2 is 2.15 bits per heavy atom. The molecular weight excluding hydrogens is 280 g/mol. The van der Waals surface area contributed by atoms with Gasteiger partial charge < -0.3 is 15.0 Å². The van der Waals surface area contributed by atoms with Gasteiger partial charge in [-0.25, -0.2) is 4.98 Å². The van der Waals surface area contributed by atoms with Gasteiger partial charge in [0.2, 0.25) is 11.1 Å². The van der Waals surface area contributed by atoms with Crippen molar-refractivity contribution in [3.05, 3.63) is 22.1 Å². The summed E-state index contributed by atoms with van der Waals surface area (Å²) >= 11 is 1.14. The number of rotatable bonds is 5. The van der Waals surface area contributed by atoms with Crippen LogP contribution in [0.1, 0.15) is 12.6 Å². The van der Waals surface area contributed by atoms with E-state index >= 15 is 0 Å². The molecule has 0 aliphatic heterocycles. The third-order valence-corrected chi connectivity index (χ3v) is 2.88. The van der Waals surface area contributed by atoms with Gasteiger partial charge in [-0.05, 0) is 25.6 Å². The molecule has 0 saturated heterocycles.